The second-order valence-electron chi connectivity index (χ2n) is 5.71. The van der Waals surface area contributed by atoms with Crippen LogP contribution in [0.5, 0.6) is 5.75 Å². The second kappa shape index (κ2) is 9.87. The maximum absolute atomic E-state index is 5.50. The van der Waals surface area contributed by atoms with E-state index in [0.717, 1.165) is 12.3 Å². The van der Waals surface area contributed by atoms with Crippen molar-refractivity contribution in [3.05, 3.63) is 102 Å². The van der Waals surface area contributed by atoms with E-state index in [0.29, 0.717) is 6.61 Å². The zero-order chi connectivity index (χ0) is 16.6. The number of ether oxygens (including phenoxy) is 1. The molecule has 1 N–H and O–H groups in total. The van der Waals surface area contributed by atoms with Crippen LogP contribution in [-0.2, 0) is 6.54 Å². The lowest BCUT2D eigenvalue weighted by Gasteiger charge is -2.20. The highest BCUT2D eigenvalue weighted by Gasteiger charge is 2.12. The van der Waals surface area contributed by atoms with Crippen molar-refractivity contribution in [2.24, 2.45) is 0 Å². The molecule has 130 valence electrons. The molecule has 3 heteroatoms. The van der Waals surface area contributed by atoms with Crippen LogP contribution in [0.25, 0.3) is 0 Å². The molecule has 0 aromatic heterocycles. The molecule has 0 unspecified atom stereocenters. The standard InChI is InChI=1S/C22H23NO.ClH/c1-2-24-21-15-13-18(14-16-21)17-23-22(19-9-5-3-6-10-19)20-11-7-4-8-12-20;/h3-16,22-23H,2,17H2,1H3;1H/p-1. The van der Waals surface area contributed by atoms with Crippen LogP contribution in [0.1, 0.15) is 29.7 Å². The summed E-state index contributed by atoms with van der Waals surface area (Å²) in [6.45, 7) is 3.50. The van der Waals surface area contributed by atoms with Crippen LogP contribution in [0.3, 0.4) is 0 Å². The van der Waals surface area contributed by atoms with E-state index >= 15 is 0 Å². The minimum Gasteiger partial charge on any atom is -1.00 e. The summed E-state index contributed by atoms with van der Waals surface area (Å²) < 4.78 is 5.50. The molecule has 0 aliphatic heterocycles. The fraction of sp³-hybridized carbons (Fsp3) is 0.182. The molecule has 3 aromatic rings. The van der Waals surface area contributed by atoms with Gasteiger partial charge in [-0.3, -0.25) is 0 Å². The molecule has 0 spiro atoms. The second-order valence-corrected chi connectivity index (χ2v) is 5.71. The van der Waals surface area contributed by atoms with Crippen molar-refractivity contribution in [3.63, 3.8) is 0 Å². The van der Waals surface area contributed by atoms with E-state index in [9.17, 15) is 0 Å². The molecule has 0 radical (unpaired) electrons. The van der Waals surface area contributed by atoms with E-state index in [2.05, 4.69) is 78.1 Å². The van der Waals surface area contributed by atoms with Gasteiger partial charge in [0.1, 0.15) is 5.75 Å². The maximum atomic E-state index is 5.50. The van der Waals surface area contributed by atoms with Crippen LogP contribution >= 0.6 is 0 Å². The molecule has 0 saturated heterocycles. The third-order valence-corrected chi connectivity index (χ3v) is 4.01. The van der Waals surface area contributed by atoms with Gasteiger partial charge >= 0.3 is 0 Å². The number of benzene rings is 3. The fourth-order valence-corrected chi connectivity index (χ4v) is 2.81. The number of halogens is 1. The zero-order valence-electron chi connectivity index (χ0n) is 14.4. The SMILES string of the molecule is CCOc1ccc(CNC(c2ccccc2)c2ccccc2)cc1.[Cl-]. The lowest BCUT2D eigenvalue weighted by atomic mass is 9.98. The Hall–Kier alpha value is -2.29. The van der Waals surface area contributed by atoms with Crippen molar-refractivity contribution >= 4 is 0 Å². The van der Waals surface area contributed by atoms with Gasteiger partial charge < -0.3 is 22.5 Å². The van der Waals surface area contributed by atoms with Gasteiger partial charge in [-0.15, -0.1) is 0 Å². The Bertz CT molecular complexity index is 689. The van der Waals surface area contributed by atoms with E-state index in [-0.39, 0.29) is 18.4 Å². The van der Waals surface area contributed by atoms with Gasteiger partial charge in [0.2, 0.25) is 0 Å². The number of hydrogen-bond acceptors (Lipinski definition) is 2. The molecule has 0 saturated carbocycles. The van der Waals surface area contributed by atoms with Crippen LogP contribution < -0.4 is 22.5 Å². The van der Waals surface area contributed by atoms with Crippen molar-refractivity contribution < 1.29 is 17.1 Å². The first-order valence-electron chi connectivity index (χ1n) is 8.42. The summed E-state index contributed by atoms with van der Waals surface area (Å²) >= 11 is 0. The van der Waals surface area contributed by atoms with Crippen molar-refractivity contribution in [1.29, 1.82) is 0 Å². The summed E-state index contributed by atoms with van der Waals surface area (Å²) in [5.74, 6) is 0.920. The molecular weight excluding hydrogens is 330 g/mol. The van der Waals surface area contributed by atoms with Gasteiger partial charge in [0.15, 0.2) is 0 Å². The first kappa shape index (κ1) is 19.0. The molecule has 0 aliphatic carbocycles. The maximum Gasteiger partial charge on any atom is 0.119 e. The average Bonchev–Trinajstić information content (AvgIpc) is 2.65. The molecule has 0 atom stereocenters. The lowest BCUT2D eigenvalue weighted by Crippen LogP contribution is -3.00. The molecule has 0 heterocycles. The van der Waals surface area contributed by atoms with Gasteiger partial charge in [-0.05, 0) is 35.7 Å². The zero-order valence-corrected chi connectivity index (χ0v) is 15.1. The topological polar surface area (TPSA) is 21.3 Å². The lowest BCUT2D eigenvalue weighted by molar-refractivity contribution is -0.00000538. The van der Waals surface area contributed by atoms with Crippen molar-refractivity contribution in [3.8, 4) is 5.75 Å². The van der Waals surface area contributed by atoms with Gasteiger partial charge in [0.25, 0.3) is 0 Å². The highest BCUT2D eigenvalue weighted by atomic mass is 35.5. The van der Waals surface area contributed by atoms with E-state index in [1.807, 2.05) is 19.1 Å². The summed E-state index contributed by atoms with van der Waals surface area (Å²) in [6, 6.07) is 29.6. The summed E-state index contributed by atoms with van der Waals surface area (Å²) in [7, 11) is 0. The third kappa shape index (κ3) is 5.35. The van der Waals surface area contributed by atoms with Gasteiger partial charge in [-0.1, -0.05) is 72.8 Å². The van der Waals surface area contributed by atoms with Crippen LogP contribution in [0, 0.1) is 0 Å². The third-order valence-electron chi connectivity index (χ3n) is 4.01. The Labute approximate surface area is 156 Å². The number of nitrogens with one attached hydrogen (secondary N) is 1. The van der Waals surface area contributed by atoms with Gasteiger partial charge in [-0.2, -0.15) is 0 Å². The molecular formula is C22H23ClNO-. The Kier molecular flexibility index (Phi) is 7.52. The molecule has 0 amide bonds. The Morgan fingerprint density at radius 1 is 0.760 bits per heavy atom. The molecule has 2 nitrogen and oxygen atoms in total. The van der Waals surface area contributed by atoms with Crippen LogP contribution in [0.4, 0.5) is 0 Å². The van der Waals surface area contributed by atoms with Gasteiger partial charge in [-0.25, -0.2) is 0 Å². The van der Waals surface area contributed by atoms with Crippen LogP contribution in [0.15, 0.2) is 84.9 Å². The average molecular weight is 353 g/mol. The number of hydrogen-bond donors (Lipinski definition) is 1. The Morgan fingerprint density at radius 3 is 1.76 bits per heavy atom. The van der Waals surface area contributed by atoms with E-state index in [1.165, 1.54) is 16.7 Å². The largest absolute Gasteiger partial charge is 1.00 e. The van der Waals surface area contributed by atoms with Gasteiger partial charge in [0.05, 0.1) is 12.6 Å². The van der Waals surface area contributed by atoms with E-state index < -0.39 is 0 Å². The smallest absolute Gasteiger partial charge is 0.119 e. The van der Waals surface area contributed by atoms with E-state index in [4.69, 9.17) is 4.74 Å². The summed E-state index contributed by atoms with van der Waals surface area (Å²) in [5.41, 5.74) is 3.79. The van der Waals surface area contributed by atoms with Crippen LogP contribution in [0.2, 0.25) is 0 Å². The van der Waals surface area contributed by atoms with Crippen molar-refractivity contribution in [1.82, 2.24) is 5.32 Å². The highest BCUT2D eigenvalue weighted by Crippen LogP contribution is 2.22. The first-order valence-corrected chi connectivity index (χ1v) is 8.42. The first-order chi connectivity index (χ1) is 11.9. The Balaban J connectivity index is 0.00000225. The molecule has 0 fully saturated rings. The predicted octanol–water partition coefficient (Wildman–Crippen LogP) is 1.97. The van der Waals surface area contributed by atoms with Crippen LogP contribution in [-0.4, -0.2) is 6.61 Å². The van der Waals surface area contributed by atoms with Gasteiger partial charge in [0, 0.05) is 6.54 Å². The minimum atomic E-state index is 0. The predicted molar refractivity (Wildman–Crippen MR) is 99.2 cm³/mol. The highest BCUT2D eigenvalue weighted by molar-refractivity contribution is 5.32. The van der Waals surface area contributed by atoms with Crippen molar-refractivity contribution in [2.45, 2.75) is 19.5 Å². The van der Waals surface area contributed by atoms with E-state index in [1.54, 1.807) is 0 Å². The molecule has 3 aromatic carbocycles. The normalized spacial score (nSPS) is 10.3. The monoisotopic (exact) mass is 352 g/mol. The molecule has 25 heavy (non-hydrogen) atoms. The number of rotatable bonds is 7. The summed E-state index contributed by atoms with van der Waals surface area (Å²) in [5, 5.41) is 3.68. The van der Waals surface area contributed by atoms with Crippen molar-refractivity contribution in [2.75, 3.05) is 6.61 Å². The molecule has 0 bridgehead atoms. The molecule has 3 rings (SSSR count). The quantitative estimate of drug-likeness (QED) is 0.702. The fourth-order valence-electron chi connectivity index (χ4n) is 2.81. The molecule has 0 aliphatic rings. The summed E-state index contributed by atoms with van der Waals surface area (Å²) in [4.78, 5) is 0. The Morgan fingerprint density at radius 2 is 1.28 bits per heavy atom. The summed E-state index contributed by atoms with van der Waals surface area (Å²) in [6.07, 6.45) is 0. The minimum absolute atomic E-state index is 0.